The quantitative estimate of drug-likeness (QED) is 0.715. The highest BCUT2D eigenvalue weighted by Gasteiger charge is 2.22. The summed E-state index contributed by atoms with van der Waals surface area (Å²) in [6.07, 6.45) is 0. The smallest absolute Gasteiger partial charge is 0.256 e. The minimum Gasteiger partial charge on any atom is -0.322 e. The number of benzene rings is 3. The highest BCUT2D eigenvalue weighted by molar-refractivity contribution is 6.17. The Kier molecular flexibility index (Phi) is 4.66. The van der Waals surface area contributed by atoms with Crippen molar-refractivity contribution in [3.63, 3.8) is 0 Å². The molecule has 0 aromatic heterocycles. The van der Waals surface area contributed by atoms with E-state index in [0.717, 1.165) is 12.1 Å². The molecule has 3 nitrogen and oxygen atoms in total. The van der Waals surface area contributed by atoms with Crippen LogP contribution < -0.4 is 5.32 Å². The van der Waals surface area contributed by atoms with Crippen LogP contribution in [-0.2, 0) is 0 Å². The van der Waals surface area contributed by atoms with Gasteiger partial charge in [-0.25, -0.2) is 8.78 Å². The second-order valence-electron chi connectivity index (χ2n) is 5.33. The maximum atomic E-state index is 13.7. The summed E-state index contributed by atoms with van der Waals surface area (Å²) in [6, 6.07) is 18.1. The number of carbonyl (C=O) groups is 2. The molecule has 25 heavy (non-hydrogen) atoms. The van der Waals surface area contributed by atoms with E-state index < -0.39 is 23.3 Å². The molecule has 0 saturated carbocycles. The summed E-state index contributed by atoms with van der Waals surface area (Å²) >= 11 is 0. The molecule has 1 N–H and O–H groups in total. The average molecular weight is 337 g/mol. The van der Waals surface area contributed by atoms with Crippen LogP contribution >= 0.6 is 0 Å². The van der Waals surface area contributed by atoms with Crippen LogP contribution in [0, 0.1) is 11.6 Å². The van der Waals surface area contributed by atoms with E-state index in [1.807, 2.05) is 0 Å². The number of anilines is 1. The monoisotopic (exact) mass is 337 g/mol. The van der Waals surface area contributed by atoms with E-state index in [2.05, 4.69) is 5.32 Å². The predicted octanol–water partition coefficient (Wildman–Crippen LogP) is 4.45. The predicted molar refractivity (Wildman–Crippen MR) is 90.6 cm³/mol. The number of para-hydroxylation sites is 1. The van der Waals surface area contributed by atoms with Gasteiger partial charge in [-0.1, -0.05) is 48.5 Å². The molecule has 5 heteroatoms. The lowest BCUT2D eigenvalue weighted by molar-refractivity contribution is 0.0995. The van der Waals surface area contributed by atoms with Gasteiger partial charge in [0.2, 0.25) is 0 Å². The molecule has 0 aliphatic rings. The van der Waals surface area contributed by atoms with Crippen LogP contribution in [0.1, 0.15) is 26.3 Å². The molecule has 0 saturated heterocycles. The van der Waals surface area contributed by atoms with E-state index >= 15 is 0 Å². The van der Waals surface area contributed by atoms with Crippen molar-refractivity contribution in [3.05, 3.63) is 101 Å². The van der Waals surface area contributed by atoms with Crippen LogP contribution in [0.2, 0.25) is 0 Å². The average Bonchev–Trinajstić information content (AvgIpc) is 2.64. The third-order valence-corrected chi connectivity index (χ3v) is 3.62. The fourth-order valence-corrected chi connectivity index (χ4v) is 2.39. The highest BCUT2D eigenvalue weighted by Crippen LogP contribution is 2.20. The normalized spacial score (nSPS) is 10.3. The van der Waals surface area contributed by atoms with Gasteiger partial charge in [-0.15, -0.1) is 0 Å². The minimum atomic E-state index is -1.19. The zero-order chi connectivity index (χ0) is 17.8. The number of nitrogens with one attached hydrogen (secondary N) is 1. The molecule has 0 atom stereocenters. The molecule has 3 aromatic carbocycles. The Hall–Kier alpha value is -3.34. The molecule has 0 radical (unpaired) electrons. The standard InChI is InChI=1S/C20H13F2NO2/c21-17-11-15(19(24)13-7-3-1-4-8-13)16(12-18(17)22)20(25)23-14-9-5-2-6-10-14/h1-12H,(H,23,25). The first-order valence-corrected chi connectivity index (χ1v) is 7.51. The van der Waals surface area contributed by atoms with Gasteiger partial charge in [0.1, 0.15) is 0 Å². The van der Waals surface area contributed by atoms with Crippen molar-refractivity contribution in [2.45, 2.75) is 0 Å². The van der Waals surface area contributed by atoms with E-state index in [-0.39, 0.29) is 16.7 Å². The van der Waals surface area contributed by atoms with Gasteiger partial charge in [0.15, 0.2) is 17.4 Å². The van der Waals surface area contributed by atoms with Crippen molar-refractivity contribution in [3.8, 4) is 0 Å². The fourth-order valence-electron chi connectivity index (χ4n) is 2.39. The first-order chi connectivity index (χ1) is 12.1. The van der Waals surface area contributed by atoms with Crippen molar-refractivity contribution in [2.75, 3.05) is 5.32 Å². The van der Waals surface area contributed by atoms with Gasteiger partial charge in [0.25, 0.3) is 5.91 Å². The summed E-state index contributed by atoms with van der Waals surface area (Å²) < 4.78 is 27.3. The molecular formula is C20H13F2NO2. The number of hydrogen-bond acceptors (Lipinski definition) is 2. The van der Waals surface area contributed by atoms with E-state index in [9.17, 15) is 18.4 Å². The Morgan fingerprint density at radius 1 is 0.720 bits per heavy atom. The number of rotatable bonds is 4. The molecule has 3 aromatic rings. The first kappa shape index (κ1) is 16.5. The summed E-state index contributed by atoms with van der Waals surface area (Å²) in [5.74, 6) is -3.62. The van der Waals surface area contributed by atoms with Crippen LogP contribution in [-0.4, -0.2) is 11.7 Å². The van der Waals surface area contributed by atoms with Crippen LogP contribution in [0.4, 0.5) is 14.5 Å². The molecule has 0 aliphatic heterocycles. The minimum absolute atomic E-state index is 0.196. The zero-order valence-corrected chi connectivity index (χ0v) is 13.0. The van der Waals surface area contributed by atoms with E-state index in [4.69, 9.17) is 0 Å². The third kappa shape index (κ3) is 3.61. The van der Waals surface area contributed by atoms with Crippen LogP contribution in [0.25, 0.3) is 0 Å². The van der Waals surface area contributed by atoms with Gasteiger partial charge in [0.05, 0.1) is 5.56 Å². The third-order valence-electron chi connectivity index (χ3n) is 3.62. The van der Waals surface area contributed by atoms with Crippen molar-refractivity contribution >= 4 is 17.4 Å². The Balaban J connectivity index is 2.02. The molecule has 0 aliphatic carbocycles. The lowest BCUT2D eigenvalue weighted by Crippen LogP contribution is -2.18. The molecule has 0 spiro atoms. The lowest BCUT2D eigenvalue weighted by atomic mass is 9.97. The van der Waals surface area contributed by atoms with Gasteiger partial charge in [-0.3, -0.25) is 9.59 Å². The number of ketones is 1. The Morgan fingerprint density at radius 2 is 1.24 bits per heavy atom. The first-order valence-electron chi connectivity index (χ1n) is 7.51. The summed E-state index contributed by atoms with van der Waals surface area (Å²) in [7, 11) is 0. The van der Waals surface area contributed by atoms with E-state index in [1.54, 1.807) is 60.7 Å². The van der Waals surface area contributed by atoms with Crippen molar-refractivity contribution in [1.29, 1.82) is 0 Å². The van der Waals surface area contributed by atoms with Gasteiger partial charge >= 0.3 is 0 Å². The van der Waals surface area contributed by atoms with Gasteiger partial charge in [-0.05, 0) is 24.3 Å². The van der Waals surface area contributed by atoms with Crippen LogP contribution in [0.3, 0.4) is 0 Å². The molecule has 0 heterocycles. The van der Waals surface area contributed by atoms with Crippen molar-refractivity contribution < 1.29 is 18.4 Å². The molecule has 0 unspecified atom stereocenters. The second-order valence-corrected chi connectivity index (χ2v) is 5.33. The molecule has 3 rings (SSSR count). The topological polar surface area (TPSA) is 46.2 Å². The molecule has 1 amide bonds. The zero-order valence-electron chi connectivity index (χ0n) is 13.0. The highest BCUT2D eigenvalue weighted by atomic mass is 19.2. The molecule has 124 valence electrons. The van der Waals surface area contributed by atoms with E-state index in [0.29, 0.717) is 5.69 Å². The van der Waals surface area contributed by atoms with Gasteiger partial charge < -0.3 is 5.32 Å². The largest absolute Gasteiger partial charge is 0.322 e. The SMILES string of the molecule is O=C(Nc1ccccc1)c1cc(F)c(F)cc1C(=O)c1ccccc1. The van der Waals surface area contributed by atoms with E-state index in [1.165, 1.54) is 0 Å². The second kappa shape index (κ2) is 7.05. The van der Waals surface area contributed by atoms with Crippen LogP contribution in [0.5, 0.6) is 0 Å². The molecular weight excluding hydrogens is 324 g/mol. The number of amides is 1. The van der Waals surface area contributed by atoms with Gasteiger partial charge in [-0.2, -0.15) is 0 Å². The maximum absolute atomic E-state index is 13.7. The molecule has 0 fully saturated rings. The Morgan fingerprint density at radius 3 is 1.84 bits per heavy atom. The number of halogens is 2. The molecule has 0 bridgehead atoms. The Labute approximate surface area is 142 Å². The van der Waals surface area contributed by atoms with Crippen LogP contribution in [0.15, 0.2) is 72.8 Å². The summed E-state index contributed by atoms with van der Waals surface area (Å²) in [5, 5.41) is 2.57. The summed E-state index contributed by atoms with van der Waals surface area (Å²) in [6.45, 7) is 0. The Bertz CT molecular complexity index is 925. The number of carbonyl (C=O) groups excluding carboxylic acids is 2. The lowest BCUT2D eigenvalue weighted by Gasteiger charge is -2.11. The summed E-state index contributed by atoms with van der Waals surface area (Å²) in [5.41, 5.74) is 0.341. The summed E-state index contributed by atoms with van der Waals surface area (Å²) in [4.78, 5) is 25.1. The maximum Gasteiger partial charge on any atom is 0.256 e. The van der Waals surface area contributed by atoms with Crippen molar-refractivity contribution in [1.82, 2.24) is 0 Å². The van der Waals surface area contributed by atoms with Crippen molar-refractivity contribution in [2.24, 2.45) is 0 Å². The van der Waals surface area contributed by atoms with Gasteiger partial charge in [0, 0.05) is 16.8 Å². The number of hydrogen-bond donors (Lipinski definition) is 1. The fraction of sp³-hybridized carbons (Fsp3) is 0.